The van der Waals surface area contributed by atoms with Gasteiger partial charge in [-0.05, 0) is 39.0 Å². The molecule has 0 fully saturated rings. The van der Waals surface area contributed by atoms with Crippen LogP contribution in [0.3, 0.4) is 0 Å². The molecule has 1 aliphatic heterocycles. The lowest BCUT2D eigenvalue weighted by Crippen LogP contribution is -2.42. The van der Waals surface area contributed by atoms with Crippen molar-refractivity contribution in [1.29, 1.82) is 5.26 Å². The third kappa shape index (κ3) is 5.85. The van der Waals surface area contributed by atoms with E-state index in [9.17, 15) is 9.90 Å². The minimum absolute atomic E-state index is 0.0877. The molecule has 1 amide bonds. The smallest absolute Gasteiger partial charge is 0.240 e. The van der Waals surface area contributed by atoms with E-state index in [4.69, 9.17) is 10.00 Å². The molecule has 0 aliphatic carbocycles. The summed E-state index contributed by atoms with van der Waals surface area (Å²) in [5.74, 6) is 0.398. The quantitative estimate of drug-likeness (QED) is 0.721. The van der Waals surface area contributed by atoms with Crippen LogP contribution in [0.2, 0.25) is 0 Å². The molecule has 0 bridgehead atoms. The van der Waals surface area contributed by atoms with Crippen LogP contribution in [0.1, 0.15) is 44.7 Å². The van der Waals surface area contributed by atoms with Gasteiger partial charge in [-0.2, -0.15) is 10.4 Å². The zero-order valence-corrected chi connectivity index (χ0v) is 14.8. The first-order valence-corrected chi connectivity index (χ1v) is 8.24. The maximum Gasteiger partial charge on any atom is 0.240 e. The van der Waals surface area contributed by atoms with Crippen LogP contribution in [0.25, 0.3) is 0 Å². The zero-order chi connectivity index (χ0) is 18.4. The Balaban J connectivity index is 2.10. The third-order valence-electron chi connectivity index (χ3n) is 3.62. The monoisotopic (exact) mass is 344 g/mol. The zero-order valence-electron chi connectivity index (χ0n) is 14.8. The number of carbonyl (C=O) groups excluding carboxylic acids is 1. The van der Waals surface area contributed by atoms with Gasteiger partial charge in [0.25, 0.3) is 0 Å². The molecule has 1 unspecified atom stereocenters. The largest absolute Gasteiger partial charge is 0.490 e. The van der Waals surface area contributed by atoms with Gasteiger partial charge in [-0.1, -0.05) is 0 Å². The molecule has 0 spiro atoms. The maximum atomic E-state index is 11.3. The van der Waals surface area contributed by atoms with E-state index in [0.717, 1.165) is 0 Å². The molecule has 7 heteroatoms. The van der Waals surface area contributed by atoms with Gasteiger partial charge < -0.3 is 15.2 Å². The van der Waals surface area contributed by atoms with Crippen LogP contribution in [0.5, 0.6) is 5.75 Å². The van der Waals surface area contributed by atoms with Crippen molar-refractivity contribution in [3.63, 3.8) is 0 Å². The fourth-order valence-corrected chi connectivity index (χ4v) is 2.29. The molecule has 2 rings (SSSR count). The number of amides is 1. The van der Waals surface area contributed by atoms with Gasteiger partial charge in [0, 0.05) is 30.5 Å². The van der Waals surface area contributed by atoms with Crippen molar-refractivity contribution < 1.29 is 14.6 Å². The van der Waals surface area contributed by atoms with Crippen LogP contribution in [0, 0.1) is 11.3 Å². The van der Waals surface area contributed by atoms with Crippen molar-refractivity contribution in [1.82, 2.24) is 10.7 Å². The fraction of sp³-hybridized carbons (Fsp3) is 0.500. The van der Waals surface area contributed by atoms with Gasteiger partial charge in [0.2, 0.25) is 5.91 Å². The van der Waals surface area contributed by atoms with Gasteiger partial charge in [-0.25, -0.2) is 5.43 Å². The molecule has 7 nitrogen and oxygen atoms in total. The van der Waals surface area contributed by atoms with E-state index < -0.39 is 6.10 Å². The predicted octanol–water partition coefficient (Wildman–Crippen LogP) is 1.30. The van der Waals surface area contributed by atoms with Gasteiger partial charge in [0.05, 0.1) is 17.3 Å². The molecular formula is C18H24N4O3. The summed E-state index contributed by atoms with van der Waals surface area (Å²) in [7, 11) is 0. The number of hydrogen-bond acceptors (Lipinski definition) is 6. The van der Waals surface area contributed by atoms with E-state index in [1.54, 1.807) is 18.2 Å². The van der Waals surface area contributed by atoms with E-state index in [1.165, 1.54) is 0 Å². The number of rotatable bonds is 6. The number of carbonyl (C=O) groups is 1. The van der Waals surface area contributed by atoms with E-state index in [1.807, 2.05) is 20.8 Å². The Hall–Kier alpha value is -2.43. The lowest BCUT2D eigenvalue weighted by molar-refractivity contribution is -0.121. The van der Waals surface area contributed by atoms with E-state index in [2.05, 4.69) is 21.9 Å². The average Bonchev–Trinajstić information content (AvgIpc) is 2.58. The Morgan fingerprint density at radius 1 is 1.44 bits per heavy atom. The molecule has 1 atom stereocenters. The summed E-state index contributed by atoms with van der Waals surface area (Å²) in [5.41, 5.74) is 4.17. The Bertz CT molecular complexity index is 701. The maximum absolute atomic E-state index is 11.3. The number of nitriles is 1. The first kappa shape index (κ1) is 18.9. The lowest BCUT2D eigenvalue weighted by atomic mass is 10.0. The number of aliphatic hydroxyl groups excluding tert-OH is 1. The minimum atomic E-state index is -0.671. The van der Waals surface area contributed by atoms with Gasteiger partial charge >= 0.3 is 0 Å². The number of β-amino-alcohol motifs (C(OH)–C–C–N with tert-alkyl or cyclic N) is 1. The molecule has 1 aromatic rings. The van der Waals surface area contributed by atoms with Gasteiger partial charge in [-0.15, -0.1) is 0 Å². The highest BCUT2D eigenvalue weighted by molar-refractivity contribution is 6.06. The average molecular weight is 344 g/mol. The first-order chi connectivity index (χ1) is 11.8. The van der Waals surface area contributed by atoms with Crippen molar-refractivity contribution in [2.45, 2.75) is 45.3 Å². The summed E-state index contributed by atoms with van der Waals surface area (Å²) in [5, 5.41) is 26.5. The molecule has 0 saturated heterocycles. The Morgan fingerprint density at radius 2 is 2.20 bits per heavy atom. The molecule has 1 aromatic carbocycles. The SMILES string of the molecule is CC(C)(C)NCC(O)COc1ccc(C#N)cc1C1=NNC(=O)CC1. The molecule has 1 heterocycles. The minimum Gasteiger partial charge on any atom is -0.490 e. The molecule has 0 aromatic heterocycles. The number of hydrazone groups is 1. The Kier molecular flexibility index (Phi) is 6.12. The number of ether oxygens (including phenoxy) is 1. The molecule has 25 heavy (non-hydrogen) atoms. The van der Waals surface area contributed by atoms with Gasteiger partial charge in [0.1, 0.15) is 18.5 Å². The highest BCUT2D eigenvalue weighted by Gasteiger charge is 2.19. The number of nitrogens with zero attached hydrogens (tertiary/aromatic N) is 2. The molecule has 1 aliphatic rings. The van der Waals surface area contributed by atoms with Crippen molar-refractivity contribution in [3.05, 3.63) is 29.3 Å². The molecular weight excluding hydrogens is 320 g/mol. The fourth-order valence-electron chi connectivity index (χ4n) is 2.29. The summed E-state index contributed by atoms with van der Waals surface area (Å²) >= 11 is 0. The van der Waals surface area contributed by atoms with Crippen LogP contribution in [-0.2, 0) is 4.79 Å². The van der Waals surface area contributed by atoms with E-state index >= 15 is 0 Å². The Morgan fingerprint density at radius 3 is 2.80 bits per heavy atom. The molecule has 3 N–H and O–H groups in total. The van der Waals surface area contributed by atoms with E-state index in [-0.39, 0.29) is 18.1 Å². The highest BCUT2D eigenvalue weighted by Crippen LogP contribution is 2.24. The number of aliphatic hydroxyl groups is 1. The van der Waals surface area contributed by atoms with Crippen LogP contribution in [-0.4, -0.2) is 41.5 Å². The first-order valence-electron chi connectivity index (χ1n) is 8.24. The standard InChI is InChI=1S/C18H24N4O3/c1-18(2,3)20-10-13(23)11-25-16-6-4-12(9-19)8-14(16)15-5-7-17(24)22-21-15/h4,6,8,13,20,23H,5,7,10-11H2,1-3H3,(H,22,24). The lowest BCUT2D eigenvalue weighted by Gasteiger charge is -2.23. The number of hydrogen-bond donors (Lipinski definition) is 3. The molecule has 0 radical (unpaired) electrons. The number of nitrogens with one attached hydrogen (secondary N) is 2. The summed E-state index contributed by atoms with van der Waals surface area (Å²) in [6.45, 7) is 6.59. The van der Waals surface area contributed by atoms with Crippen molar-refractivity contribution >= 4 is 11.6 Å². The van der Waals surface area contributed by atoms with E-state index in [0.29, 0.717) is 42.0 Å². The van der Waals surface area contributed by atoms with Crippen LogP contribution in [0.4, 0.5) is 0 Å². The normalized spacial score (nSPS) is 15.8. The highest BCUT2D eigenvalue weighted by atomic mass is 16.5. The second-order valence-electron chi connectivity index (χ2n) is 7.01. The van der Waals surface area contributed by atoms with Crippen LogP contribution < -0.4 is 15.5 Å². The number of benzene rings is 1. The van der Waals surface area contributed by atoms with Crippen molar-refractivity contribution in [2.75, 3.05) is 13.2 Å². The Labute approximate surface area is 147 Å². The third-order valence-corrected chi connectivity index (χ3v) is 3.62. The van der Waals surface area contributed by atoms with Gasteiger partial charge in [0.15, 0.2) is 0 Å². The summed E-state index contributed by atoms with van der Waals surface area (Å²) in [6.07, 6.45) is 0.147. The second kappa shape index (κ2) is 8.10. The van der Waals surface area contributed by atoms with Crippen molar-refractivity contribution in [2.24, 2.45) is 5.10 Å². The van der Waals surface area contributed by atoms with Crippen LogP contribution in [0.15, 0.2) is 23.3 Å². The summed E-state index contributed by atoms with van der Waals surface area (Å²) in [4.78, 5) is 11.3. The second-order valence-corrected chi connectivity index (χ2v) is 7.01. The summed E-state index contributed by atoms with van der Waals surface area (Å²) < 4.78 is 5.75. The van der Waals surface area contributed by atoms with Crippen molar-refractivity contribution in [3.8, 4) is 11.8 Å². The molecule has 134 valence electrons. The van der Waals surface area contributed by atoms with Gasteiger partial charge in [-0.3, -0.25) is 4.79 Å². The molecule has 0 saturated carbocycles. The van der Waals surface area contributed by atoms with Crippen LogP contribution >= 0.6 is 0 Å². The summed E-state index contributed by atoms with van der Waals surface area (Å²) in [6, 6.07) is 7.12. The predicted molar refractivity (Wildman–Crippen MR) is 94.3 cm³/mol. The topological polar surface area (TPSA) is 107 Å².